The summed E-state index contributed by atoms with van der Waals surface area (Å²) in [5, 5.41) is 3.31. The SMILES string of the molecule is CC(=O)NCC(=O)N1CCC[C@H](c2cccc(Cc3ccc(Cl)cc3)n2)C1. The lowest BCUT2D eigenvalue weighted by Crippen LogP contribution is -2.44. The molecule has 142 valence electrons. The van der Waals surface area contributed by atoms with Crippen molar-refractivity contribution in [1.29, 1.82) is 0 Å². The maximum absolute atomic E-state index is 12.3. The molecule has 2 amide bonds. The van der Waals surface area contributed by atoms with Crippen molar-refractivity contribution in [3.05, 3.63) is 64.4 Å². The van der Waals surface area contributed by atoms with Gasteiger partial charge in [-0.15, -0.1) is 0 Å². The second kappa shape index (κ2) is 9.00. The van der Waals surface area contributed by atoms with Crippen molar-refractivity contribution in [1.82, 2.24) is 15.2 Å². The van der Waals surface area contributed by atoms with Crippen LogP contribution in [0.2, 0.25) is 5.02 Å². The van der Waals surface area contributed by atoms with Gasteiger partial charge in [-0.05, 0) is 42.7 Å². The Bertz CT molecular complexity index is 807. The van der Waals surface area contributed by atoms with Crippen molar-refractivity contribution in [3.8, 4) is 0 Å². The van der Waals surface area contributed by atoms with Crippen LogP contribution in [0.3, 0.4) is 0 Å². The molecule has 1 aromatic carbocycles. The van der Waals surface area contributed by atoms with Crippen LogP contribution in [0, 0.1) is 0 Å². The summed E-state index contributed by atoms with van der Waals surface area (Å²) >= 11 is 5.95. The molecule has 0 unspecified atom stereocenters. The molecule has 1 fully saturated rings. The average Bonchev–Trinajstić information content (AvgIpc) is 2.68. The first-order valence-corrected chi connectivity index (χ1v) is 9.61. The fourth-order valence-corrected chi connectivity index (χ4v) is 3.52. The molecule has 2 aromatic rings. The normalized spacial score (nSPS) is 16.8. The van der Waals surface area contributed by atoms with Crippen molar-refractivity contribution in [2.45, 2.75) is 32.1 Å². The van der Waals surface area contributed by atoms with E-state index in [9.17, 15) is 9.59 Å². The zero-order valence-electron chi connectivity index (χ0n) is 15.5. The van der Waals surface area contributed by atoms with E-state index in [1.54, 1.807) is 0 Å². The predicted octanol–water partition coefficient (Wildman–Crippen LogP) is 3.17. The number of nitrogens with one attached hydrogen (secondary N) is 1. The standard InChI is InChI=1S/C21H24ClN3O2/c1-15(26)23-13-21(27)25-11-3-4-17(14-25)20-6-2-5-19(24-20)12-16-7-9-18(22)10-8-16/h2,5-10,17H,3-4,11-14H2,1H3,(H,23,26)/t17-/m0/s1. The van der Waals surface area contributed by atoms with Gasteiger partial charge in [0.1, 0.15) is 0 Å². The first kappa shape index (κ1) is 19.4. The van der Waals surface area contributed by atoms with Gasteiger partial charge in [0.25, 0.3) is 0 Å². The van der Waals surface area contributed by atoms with E-state index in [0.29, 0.717) is 6.54 Å². The third-order valence-corrected chi connectivity index (χ3v) is 5.06. The molecule has 3 rings (SSSR count). The van der Waals surface area contributed by atoms with Gasteiger partial charge in [0.2, 0.25) is 11.8 Å². The highest BCUT2D eigenvalue weighted by Crippen LogP contribution is 2.26. The van der Waals surface area contributed by atoms with Crippen LogP contribution in [-0.4, -0.2) is 41.3 Å². The fourth-order valence-electron chi connectivity index (χ4n) is 3.39. The molecule has 0 bridgehead atoms. The molecular formula is C21H24ClN3O2. The van der Waals surface area contributed by atoms with E-state index in [2.05, 4.69) is 5.32 Å². The number of pyridine rings is 1. The number of carbonyl (C=O) groups excluding carboxylic acids is 2. The topological polar surface area (TPSA) is 62.3 Å². The molecule has 5 nitrogen and oxygen atoms in total. The van der Waals surface area contributed by atoms with Crippen molar-refractivity contribution >= 4 is 23.4 Å². The molecule has 0 radical (unpaired) electrons. The van der Waals surface area contributed by atoms with Crippen molar-refractivity contribution in [2.75, 3.05) is 19.6 Å². The van der Waals surface area contributed by atoms with Gasteiger partial charge in [-0.1, -0.05) is 29.8 Å². The van der Waals surface area contributed by atoms with Crippen LogP contribution in [0.25, 0.3) is 0 Å². The smallest absolute Gasteiger partial charge is 0.241 e. The molecule has 1 N–H and O–H groups in total. The highest BCUT2D eigenvalue weighted by molar-refractivity contribution is 6.30. The molecule has 0 spiro atoms. The van der Waals surface area contributed by atoms with Gasteiger partial charge in [-0.3, -0.25) is 14.6 Å². The Balaban J connectivity index is 1.66. The number of amides is 2. The third kappa shape index (κ3) is 5.54. The van der Waals surface area contributed by atoms with Gasteiger partial charge >= 0.3 is 0 Å². The number of hydrogen-bond donors (Lipinski definition) is 1. The van der Waals surface area contributed by atoms with Gasteiger partial charge in [0, 0.05) is 48.8 Å². The van der Waals surface area contributed by atoms with Crippen LogP contribution in [0.4, 0.5) is 0 Å². The van der Waals surface area contributed by atoms with E-state index in [1.165, 1.54) is 12.5 Å². The lowest BCUT2D eigenvalue weighted by molar-refractivity contribution is -0.133. The maximum atomic E-state index is 12.3. The molecular weight excluding hydrogens is 362 g/mol. The van der Waals surface area contributed by atoms with Crippen molar-refractivity contribution < 1.29 is 9.59 Å². The van der Waals surface area contributed by atoms with Gasteiger partial charge in [-0.2, -0.15) is 0 Å². The molecule has 1 aliphatic rings. The van der Waals surface area contributed by atoms with Gasteiger partial charge in [0.05, 0.1) is 6.54 Å². The monoisotopic (exact) mass is 385 g/mol. The highest BCUT2D eigenvalue weighted by Gasteiger charge is 2.25. The van der Waals surface area contributed by atoms with E-state index < -0.39 is 0 Å². The minimum absolute atomic E-state index is 0.0350. The highest BCUT2D eigenvalue weighted by atomic mass is 35.5. The summed E-state index contributed by atoms with van der Waals surface area (Å²) in [5.41, 5.74) is 3.20. The number of aromatic nitrogens is 1. The van der Waals surface area contributed by atoms with E-state index >= 15 is 0 Å². The minimum Gasteiger partial charge on any atom is -0.347 e. The largest absolute Gasteiger partial charge is 0.347 e. The van der Waals surface area contributed by atoms with Crippen LogP contribution < -0.4 is 5.32 Å². The first-order valence-electron chi connectivity index (χ1n) is 9.24. The number of likely N-dealkylation sites (tertiary alicyclic amines) is 1. The fraction of sp³-hybridized carbons (Fsp3) is 0.381. The van der Waals surface area contributed by atoms with Gasteiger partial charge in [0.15, 0.2) is 0 Å². The van der Waals surface area contributed by atoms with Crippen LogP contribution >= 0.6 is 11.6 Å². The molecule has 1 saturated heterocycles. The van der Waals surface area contributed by atoms with Crippen LogP contribution in [0.15, 0.2) is 42.5 Å². The molecule has 1 atom stereocenters. The number of hydrogen-bond acceptors (Lipinski definition) is 3. The van der Waals surface area contributed by atoms with Gasteiger partial charge < -0.3 is 10.2 Å². The molecule has 2 heterocycles. The zero-order valence-corrected chi connectivity index (χ0v) is 16.2. The quantitative estimate of drug-likeness (QED) is 0.859. The summed E-state index contributed by atoms with van der Waals surface area (Å²) in [6, 6.07) is 13.9. The second-order valence-electron chi connectivity index (χ2n) is 6.95. The van der Waals surface area contributed by atoms with E-state index in [4.69, 9.17) is 16.6 Å². The van der Waals surface area contributed by atoms with Gasteiger partial charge in [-0.25, -0.2) is 0 Å². The Labute approximate surface area is 164 Å². The van der Waals surface area contributed by atoms with Crippen molar-refractivity contribution in [2.24, 2.45) is 0 Å². The summed E-state index contributed by atoms with van der Waals surface area (Å²) in [6.07, 6.45) is 2.71. The average molecular weight is 386 g/mol. The van der Waals surface area contributed by atoms with E-state index in [-0.39, 0.29) is 24.3 Å². The Morgan fingerprint density at radius 1 is 1.22 bits per heavy atom. The Hall–Kier alpha value is -2.40. The van der Waals surface area contributed by atoms with Crippen LogP contribution in [-0.2, 0) is 16.0 Å². The number of piperidine rings is 1. The molecule has 0 aliphatic carbocycles. The number of nitrogens with zero attached hydrogens (tertiary/aromatic N) is 2. The minimum atomic E-state index is -0.187. The molecule has 1 aromatic heterocycles. The Kier molecular flexibility index (Phi) is 6.45. The summed E-state index contributed by atoms with van der Waals surface area (Å²) in [7, 11) is 0. The Morgan fingerprint density at radius 2 is 2.00 bits per heavy atom. The van der Waals surface area contributed by atoms with Crippen LogP contribution in [0.1, 0.15) is 42.6 Å². The van der Waals surface area contributed by atoms with E-state index in [0.717, 1.165) is 42.2 Å². The summed E-state index contributed by atoms with van der Waals surface area (Å²) in [5.74, 6) is 0.00546. The van der Waals surface area contributed by atoms with E-state index in [1.807, 2.05) is 47.4 Å². The molecule has 27 heavy (non-hydrogen) atoms. The predicted molar refractivity (Wildman–Crippen MR) is 106 cm³/mol. The number of halogens is 1. The van der Waals surface area contributed by atoms with Crippen LogP contribution in [0.5, 0.6) is 0 Å². The first-order chi connectivity index (χ1) is 13.0. The molecule has 6 heteroatoms. The number of rotatable bonds is 5. The molecule has 0 saturated carbocycles. The van der Waals surface area contributed by atoms with Crippen molar-refractivity contribution in [3.63, 3.8) is 0 Å². The molecule has 1 aliphatic heterocycles. The summed E-state index contributed by atoms with van der Waals surface area (Å²) in [4.78, 5) is 30.0. The summed E-state index contributed by atoms with van der Waals surface area (Å²) < 4.78 is 0. The second-order valence-corrected chi connectivity index (χ2v) is 7.38. The maximum Gasteiger partial charge on any atom is 0.241 e. The lowest BCUT2D eigenvalue weighted by atomic mass is 9.93. The lowest BCUT2D eigenvalue weighted by Gasteiger charge is -2.32. The Morgan fingerprint density at radius 3 is 2.74 bits per heavy atom. The third-order valence-electron chi connectivity index (χ3n) is 4.81. The zero-order chi connectivity index (χ0) is 19.2. The summed E-state index contributed by atoms with van der Waals surface area (Å²) in [6.45, 7) is 2.86. The number of benzene rings is 1. The number of carbonyl (C=O) groups is 2.